The summed E-state index contributed by atoms with van der Waals surface area (Å²) in [6.07, 6.45) is 1.46. The van der Waals surface area contributed by atoms with E-state index >= 15 is 0 Å². The van der Waals surface area contributed by atoms with Crippen molar-refractivity contribution in [3.05, 3.63) is 48.0 Å². The van der Waals surface area contributed by atoms with Gasteiger partial charge in [0.1, 0.15) is 6.54 Å². The molecule has 0 unspecified atom stereocenters. The number of amides is 3. The van der Waals surface area contributed by atoms with Crippen LogP contribution in [0.2, 0.25) is 0 Å². The first kappa shape index (κ1) is 16.2. The lowest BCUT2D eigenvalue weighted by atomic mass is 10.1. The van der Waals surface area contributed by atoms with Crippen LogP contribution >= 0.6 is 0 Å². The van der Waals surface area contributed by atoms with E-state index < -0.39 is 24.5 Å². The van der Waals surface area contributed by atoms with E-state index in [9.17, 15) is 14.4 Å². The lowest BCUT2D eigenvalue weighted by Crippen LogP contribution is -2.35. The summed E-state index contributed by atoms with van der Waals surface area (Å²) in [5.41, 5.74) is 6.10. The molecular weight excluding hydrogens is 274 g/mol. The van der Waals surface area contributed by atoms with Crippen LogP contribution in [0.15, 0.2) is 36.9 Å². The van der Waals surface area contributed by atoms with Crippen molar-refractivity contribution < 1.29 is 19.5 Å². The standard InChI is InChI=1S/C14H17N3O4/c1-2-7-17(9-12(18)19)13(20)11-5-3-10(4-6-11)8-16-14(15)21/h2-6H,1,7-9H2,(H,18,19)(H3,15,16,21). The molecule has 0 aliphatic rings. The molecule has 1 aromatic carbocycles. The third-order valence-electron chi connectivity index (χ3n) is 2.63. The Labute approximate surface area is 122 Å². The molecule has 7 heteroatoms. The Bertz CT molecular complexity index is 540. The Kier molecular flexibility index (Phi) is 5.94. The first-order chi connectivity index (χ1) is 9.93. The molecule has 0 atom stereocenters. The van der Waals surface area contributed by atoms with Crippen molar-refractivity contribution in [1.82, 2.24) is 10.2 Å². The minimum absolute atomic E-state index is 0.149. The average molecular weight is 291 g/mol. The number of primary amides is 1. The number of rotatable bonds is 7. The molecule has 0 aliphatic carbocycles. The average Bonchev–Trinajstić information content (AvgIpc) is 2.44. The van der Waals surface area contributed by atoms with Crippen LogP contribution in [0.1, 0.15) is 15.9 Å². The van der Waals surface area contributed by atoms with E-state index in [2.05, 4.69) is 11.9 Å². The predicted octanol–water partition coefficient (Wildman–Crippen LogP) is 0.568. The number of hydrogen-bond acceptors (Lipinski definition) is 3. The quantitative estimate of drug-likeness (QED) is 0.637. The first-order valence-corrected chi connectivity index (χ1v) is 6.18. The molecule has 21 heavy (non-hydrogen) atoms. The van der Waals surface area contributed by atoms with Gasteiger partial charge in [0.2, 0.25) is 0 Å². The minimum atomic E-state index is -1.09. The molecule has 112 valence electrons. The third kappa shape index (κ3) is 5.35. The van der Waals surface area contributed by atoms with Crippen LogP contribution in [-0.2, 0) is 11.3 Å². The monoisotopic (exact) mass is 291 g/mol. The van der Waals surface area contributed by atoms with Gasteiger partial charge in [-0.1, -0.05) is 18.2 Å². The summed E-state index contributed by atoms with van der Waals surface area (Å²) in [7, 11) is 0. The van der Waals surface area contributed by atoms with Gasteiger partial charge in [0.05, 0.1) is 0 Å². The SMILES string of the molecule is C=CCN(CC(=O)O)C(=O)c1ccc(CNC(N)=O)cc1. The van der Waals surface area contributed by atoms with Crippen molar-refractivity contribution in [3.63, 3.8) is 0 Å². The number of carbonyl (C=O) groups excluding carboxylic acids is 2. The number of urea groups is 1. The molecule has 0 spiro atoms. The molecular formula is C14H17N3O4. The van der Waals surface area contributed by atoms with Gasteiger partial charge in [-0.2, -0.15) is 0 Å². The fourth-order valence-corrected chi connectivity index (χ4v) is 1.68. The highest BCUT2D eigenvalue weighted by molar-refractivity contribution is 5.96. The van der Waals surface area contributed by atoms with Gasteiger partial charge in [0, 0.05) is 18.7 Å². The molecule has 0 aliphatic heterocycles. The van der Waals surface area contributed by atoms with E-state index in [-0.39, 0.29) is 13.1 Å². The fraction of sp³-hybridized carbons (Fsp3) is 0.214. The highest BCUT2D eigenvalue weighted by Crippen LogP contribution is 2.08. The lowest BCUT2D eigenvalue weighted by Gasteiger charge is -2.19. The van der Waals surface area contributed by atoms with Gasteiger partial charge in [-0.25, -0.2) is 4.79 Å². The molecule has 0 bridgehead atoms. The number of aliphatic carboxylic acids is 1. The predicted molar refractivity (Wildman–Crippen MR) is 76.6 cm³/mol. The van der Waals surface area contributed by atoms with Crippen molar-refractivity contribution in [2.75, 3.05) is 13.1 Å². The number of carboxylic acid groups (broad SMARTS) is 1. The molecule has 3 amide bonds. The van der Waals surface area contributed by atoms with E-state index in [4.69, 9.17) is 10.8 Å². The van der Waals surface area contributed by atoms with Crippen molar-refractivity contribution >= 4 is 17.9 Å². The summed E-state index contributed by atoms with van der Waals surface area (Å²) in [6, 6.07) is 5.83. The lowest BCUT2D eigenvalue weighted by molar-refractivity contribution is -0.137. The summed E-state index contributed by atoms with van der Waals surface area (Å²) < 4.78 is 0. The van der Waals surface area contributed by atoms with E-state index in [1.807, 2.05) is 0 Å². The minimum Gasteiger partial charge on any atom is -0.480 e. The van der Waals surface area contributed by atoms with Crippen LogP contribution in [0.4, 0.5) is 4.79 Å². The molecule has 4 N–H and O–H groups in total. The Hall–Kier alpha value is -2.83. The molecule has 0 aromatic heterocycles. The van der Waals surface area contributed by atoms with E-state index in [0.29, 0.717) is 5.56 Å². The van der Waals surface area contributed by atoms with Gasteiger partial charge in [0.15, 0.2) is 0 Å². The maximum Gasteiger partial charge on any atom is 0.323 e. The van der Waals surface area contributed by atoms with Gasteiger partial charge in [-0.15, -0.1) is 6.58 Å². The molecule has 0 saturated carbocycles. The van der Waals surface area contributed by atoms with Crippen molar-refractivity contribution in [1.29, 1.82) is 0 Å². The summed E-state index contributed by atoms with van der Waals surface area (Å²) in [4.78, 5) is 34.7. The van der Waals surface area contributed by atoms with Gasteiger partial charge < -0.3 is 21.1 Å². The van der Waals surface area contributed by atoms with Crippen LogP contribution < -0.4 is 11.1 Å². The number of nitrogens with two attached hydrogens (primary N) is 1. The Morgan fingerprint density at radius 3 is 2.38 bits per heavy atom. The first-order valence-electron chi connectivity index (χ1n) is 6.18. The highest BCUT2D eigenvalue weighted by atomic mass is 16.4. The normalized spacial score (nSPS) is 9.71. The third-order valence-corrected chi connectivity index (χ3v) is 2.63. The number of nitrogens with one attached hydrogen (secondary N) is 1. The number of carbonyl (C=O) groups is 3. The van der Waals surface area contributed by atoms with Crippen molar-refractivity contribution in [2.24, 2.45) is 5.73 Å². The van der Waals surface area contributed by atoms with Gasteiger partial charge in [0.25, 0.3) is 5.91 Å². The van der Waals surface area contributed by atoms with Gasteiger partial charge >= 0.3 is 12.0 Å². The van der Waals surface area contributed by atoms with E-state index in [0.717, 1.165) is 5.56 Å². The molecule has 7 nitrogen and oxygen atoms in total. The molecule has 0 saturated heterocycles. The number of benzene rings is 1. The largest absolute Gasteiger partial charge is 0.480 e. The molecule has 1 aromatic rings. The van der Waals surface area contributed by atoms with Crippen LogP contribution in [0.3, 0.4) is 0 Å². The van der Waals surface area contributed by atoms with Gasteiger partial charge in [-0.3, -0.25) is 9.59 Å². The Balaban J connectivity index is 2.78. The van der Waals surface area contributed by atoms with Crippen LogP contribution in [0.5, 0.6) is 0 Å². The summed E-state index contributed by atoms with van der Waals surface area (Å²) in [5, 5.41) is 11.2. The number of carboxylic acids is 1. The molecule has 0 fully saturated rings. The maximum absolute atomic E-state index is 12.2. The molecule has 0 heterocycles. The summed E-state index contributed by atoms with van der Waals surface area (Å²) in [6.45, 7) is 3.52. The Morgan fingerprint density at radius 2 is 1.90 bits per heavy atom. The fourth-order valence-electron chi connectivity index (χ4n) is 1.68. The van der Waals surface area contributed by atoms with Crippen LogP contribution in [0, 0.1) is 0 Å². The second kappa shape index (κ2) is 7.68. The van der Waals surface area contributed by atoms with Crippen molar-refractivity contribution in [2.45, 2.75) is 6.54 Å². The summed E-state index contributed by atoms with van der Waals surface area (Å²) in [5.74, 6) is -1.49. The smallest absolute Gasteiger partial charge is 0.323 e. The summed E-state index contributed by atoms with van der Waals surface area (Å²) >= 11 is 0. The van der Waals surface area contributed by atoms with Crippen molar-refractivity contribution in [3.8, 4) is 0 Å². The second-order valence-electron chi connectivity index (χ2n) is 4.28. The van der Waals surface area contributed by atoms with E-state index in [1.165, 1.54) is 11.0 Å². The topological polar surface area (TPSA) is 113 Å². The number of nitrogens with zero attached hydrogens (tertiary/aromatic N) is 1. The van der Waals surface area contributed by atoms with Gasteiger partial charge in [-0.05, 0) is 17.7 Å². The van der Waals surface area contributed by atoms with E-state index in [1.54, 1.807) is 24.3 Å². The zero-order chi connectivity index (χ0) is 15.8. The zero-order valence-corrected chi connectivity index (χ0v) is 11.4. The molecule has 1 rings (SSSR count). The van der Waals surface area contributed by atoms with Crippen LogP contribution in [0.25, 0.3) is 0 Å². The number of hydrogen-bond donors (Lipinski definition) is 3. The molecule has 0 radical (unpaired) electrons. The Morgan fingerprint density at radius 1 is 1.29 bits per heavy atom. The highest BCUT2D eigenvalue weighted by Gasteiger charge is 2.17. The zero-order valence-electron chi connectivity index (χ0n) is 11.4. The van der Waals surface area contributed by atoms with Crippen LogP contribution in [-0.4, -0.2) is 41.0 Å². The second-order valence-corrected chi connectivity index (χ2v) is 4.28. The maximum atomic E-state index is 12.2.